The number of likely N-dealkylation sites (tertiary alicyclic amines) is 1. The first kappa shape index (κ1) is 23.2. The smallest absolute Gasteiger partial charge is 0.416 e. The molecular formula is C24H28F3N5O. The molecule has 1 aliphatic rings. The van der Waals surface area contributed by atoms with Gasteiger partial charge in [-0.05, 0) is 64.4 Å². The number of hydrogen-bond acceptors (Lipinski definition) is 6. The van der Waals surface area contributed by atoms with Gasteiger partial charge in [0.15, 0.2) is 5.82 Å². The van der Waals surface area contributed by atoms with E-state index < -0.39 is 17.8 Å². The molecule has 2 aromatic heterocycles. The summed E-state index contributed by atoms with van der Waals surface area (Å²) in [6.45, 7) is 8.53. The van der Waals surface area contributed by atoms with Gasteiger partial charge in [-0.15, -0.1) is 5.10 Å². The Balaban J connectivity index is 1.63. The van der Waals surface area contributed by atoms with Crippen molar-refractivity contribution in [1.82, 2.24) is 20.1 Å². The predicted octanol–water partition coefficient (Wildman–Crippen LogP) is 5.39. The van der Waals surface area contributed by atoms with Gasteiger partial charge in [-0.3, -0.25) is 9.88 Å². The molecule has 6 nitrogen and oxygen atoms in total. The van der Waals surface area contributed by atoms with Crippen LogP contribution in [0.2, 0.25) is 0 Å². The van der Waals surface area contributed by atoms with Crippen LogP contribution in [0, 0.1) is 6.92 Å². The molecule has 1 aromatic carbocycles. The van der Waals surface area contributed by atoms with Crippen molar-refractivity contribution in [3.05, 3.63) is 53.3 Å². The van der Waals surface area contributed by atoms with E-state index >= 15 is 0 Å². The number of alkyl halides is 3. The van der Waals surface area contributed by atoms with Crippen LogP contribution in [0.4, 0.5) is 19.0 Å². The number of hydrogen-bond donors (Lipinski definition) is 1. The second kappa shape index (κ2) is 8.44. The molecule has 0 saturated carbocycles. The lowest BCUT2D eigenvalue weighted by atomic mass is 9.97. The number of benzene rings is 1. The van der Waals surface area contributed by atoms with Gasteiger partial charge in [-0.1, -0.05) is 12.1 Å². The van der Waals surface area contributed by atoms with Crippen molar-refractivity contribution in [2.24, 2.45) is 0 Å². The number of halogens is 3. The fourth-order valence-corrected chi connectivity index (χ4v) is 4.39. The Hall–Kier alpha value is -2.94. The number of likely N-dealkylation sites (N-methyl/N-ethyl adjacent to an activating group) is 1. The minimum atomic E-state index is -4.41. The van der Waals surface area contributed by atoms with Gasteiger partial charge in [-0.25, -0.2) is 0 Å². The first-order chi connectivity index (χ1) is 15.5. The zero-order chi connectivity index (χ0) is 24.0. The molecule has 3 heterocycles. The molecule has 1 fully saturated rings. The zero-order valence-electron chi connectivity index (χ0n) is 19.4. The summed E-state index contributed by atoms with van der Waals surface area (Å²) in [7, 11) is 2.08. The summed E-state index contributed by atoms with van der Waals surface area (Å²) in [6, 6.07) is 5.63. The fourth-order valence-electron chi connectivity index (χ4n) is 4.39. The zero-order valence-corrected chi connectivity index (χ0v) is 19.4. The van der Waals surface area contributed by atoms with Crippen molar-refractivity contribution < 1.29 is 17.9 Å². The molecular weight excluding hydrogens is 431 g/mol. The number of nitrogens with zero attached hydrogens (tertiary/aromatic N) is 4. The number of fused-ring (bicyclic) bond motifs is 1. The summed E-state index contributed by atoms with van der Waals surface area (Å²) < 4.78 is 46.3. The summed E-state index contributed by atoms with van der Waals surface area (Å²) in [4.78, 5) is 6.73. The van der Waals surface area contributed by atoms with Crippen molar-refractivity contribution in [1.29, 1.82) is 0 Å². The molecule has 1 aliphatic heterocycles. The van der Waals surface area contributed by atoms with Gasteiger partial charge < -0.3 is 10.1 Å². The molecule has 33 heavy (non-hydrogen) atoms. The highest BCUT2D eigenvalue weighted by atomic mass is 19.4. The average Bonchev–Trinajstić information content (AvgIpc) is 3.00. The van der Waals surface area contributed by atoms with Crippen LogP contribution < -0.4 is 10.1 Å². The summed E-state index contributed by atoms with van der Waals surface area (Å²) in [6.07, 6.45) is -0.260. The first-order valence-electron chi connectivity index (χ1n) is 10.9. The maximum atomic E-state index is 13.3. The molecule has 0 aliphatic carbocycles. The molecule has 4 rings (SSSR count). The predicted molar refractivity (Wildman–Crippen MR) is 121 cm³/mol. The number of nitrogens with one attached hydrogen (secondary N) is 1. The van der Waals surface area contributed by atoms with E-state index in [1.54, 1.807) is 25.4 Å². The van der Waals surface area contributed by atoms with Crippen LogP contribution in [0.15, 0.2) is 36.7 Å². The molecule has 0 radical (unpaired) electrons. The minimum Gasteiger partial charge on any atom is -0.487 e. The molecule has 9 heteroatoms. The maximum Gasteiger partial charge on any atom is 0.416 e. The third-order valence-electron chi connectivity index (χ3n) is 6.76. The van der Waals surface area contributed by atoms with Crippen LogP contribution in [-0.2, 0) is 6.18 Å². The number of anilines is 1. The average molecular weight is 460 g/mol. The van der Waals surface area contributed by atoms with E-state index in [-0.39, 0.29) is 17.2 Å². The quantitative estimate of drug-likeness (QED) is 0.552. The van der Waals surface area contributed by atoms with Gasteiger partial charge in [0.25, 0.3) is 0 Å². The highest BCUT2D eigenvalue weighted by molar-refractivity contribution is 5.89. The highest BCUT2D eigenvalue weighted by Crippen LogP contribution is 2.36. The Morgan fingerprint density at radius 3 is 2.67 bits per heavy atom. The van der Waals surface area contributed by atoms with E-state index in [0.29, 0.717) is 28.0 Å². The van der Waals surface area contributed by atoms with E-state index in [0.717, 1.165) is 19.0 Å². The Labute approximate surface area is 191 Å². The lowest BCUT2D eigenvalue weighted by Gasteiger charge is -2.33. The maximum absolute atomic E-state index is 13.3. The van der Waals surface area contributed by atoms with Crippen molar-refractivity contribution >= 4 is 16.7 Å². The molecule has 176 valence electrons. The molecule has 1 unspecified atom stereocenters. The van der Waals surface area contributed by atoms with E-state index in [4.69, 9.17) is 4.74 Å². The second-order valence-electron chi connectivity index (χ2n) is 9.15. The molecule has 3 aromatic rings. The van der Waals surface area contributed by atoms with Gasteiger partial charge in [0.05, 0.1) is 35.1 Å². The molecule has 1 saturated heterocycles. The second-order valence-corrected chi connectivity index (χ2v) is 9.15. The number of aromatic nitrogens is 3. The van der Waals surface area contributed by atoms with Gasteiger partial charge in [-0.2, -0.15) is 18.3 Å². The summed E-state index contributed by atoms with van der Waals surface area (Å²) in [5, 5.41) is 12.1. The largest absolute Gasteiger partial charge is 0.487 e. The van der Waals surface area contributed by atoms with Crippen LogP contribution >= 0.6 is 0 Å². The van der Waals surface area contributed by atoms with Crippen LogP contribution in [0.1, 0.15) is 49.9 Å². The highest BCUT2D eigenvalue weighted by Gasteiger charge is 2.40. The molecule has 0 spiro atoms. The van der Waals surface area contributed by atoms with Crippen LogP contribution in [-0.4, -0.2) is 45.3 Å². The number of pyridine rings is 1. The lowest BCUT2D eigenvalue weighted by molar-refractivity contribution is -0.138. The minimum absolute atomic E-state index is 0.0136. The third-order valence-corrected chi connectivity index (χ3v) is 6.76. The van der Waals surface area contributed by atoms with Crippen LogP contribution in [0.5, 0.6) is 5.75 Å². The molecule has 2 atom stereocenters. The van der Waals surface area contributed by atoms with Gasteiger partial charge >= 0.3 is 6.18 Å². The van der Waals surface area contributed by atoms with E-state index in [1.165, 1.54) is 13.0 Å². The van der Waals surface area contributed by atoms with Crippen molar-refractivity contribution in [3.63, 3.8) is 0 Å². The Morgan fingerprint density at radius 1 is 1.24 bits per heavy atom. The first-order valence-corrected chi connectivity index (χ1v) is 10.9. The van der Waals surface area contributed by atoms with Crippen LogP contribution in [0.25, 0.3) is 10.9 Å². The summed E-state index contributed by atoms with van der Waals surface area (Å²) in [5.41, 5.74) is 0.602. The molecule has 1 N–H and O–H groups in total. The fraction of sp³-hybridized carbons (Fsp3) is 0.458. The molecule has 0 amide bonds. The Kier molecular flexibility index (Phi) is 5.94. The van der Waals surface area contributed by atoms with Crippen molar-refractivity contribution in [2.75, 3.05) is 18.9 Å². The van der Waals surface area contributed by atoms with Crippen molar-refractivity contribution in [3.8, 4) is 5.75 Å². The monoisotopic (exact) mass is 459 g/mol. The van der Waals surface area contributed by atoms with Crippen LogP contribution in [0.3, 0.4) is 0 Å². The number of ether oxygens (including phenoxy) is 1. The topological polar surface area (TPSA) is 63.2 Å². The SMILES string of the molecule is Cc1c([C@@H](C)Nc2nncc3ncc(OC4CCN(C)C4(C)C)cc23)cccc1C(F)(F)F. The number of rotatable bonds is 5. The third kappa shape index (κ3) is 4.46. The van der Waals surface area contributed by atoms with Gasteiger partial charge in [0.2, 0.25) is 0 Å². The van der Waals surface area contributed by atoms with E-state index in [2.05, 4.69) is 46.3 Å². The van der Waals surface area contributed by atoms with Crippen molar-refractivity contribution in [2.45, 2.75) is 58.0 Å². The Bertz CT molecular complexity index is 1160. The van der Waals surface area contributed by atoms with E-state index in [1.807, 2.05) is 6.07 Å². The standard InChI is InChI=1S/C24H28F3N5O/c1-14-17(7-6-8-19(14)24(25,26)27)15(2)30-22-18-11-16(12-28-20(18)13-29-31-22)33-21-9-10-32(5)23(21,3)4/h6-8,11-13,15,21H,9-10H2,1-5H3,(H,30,31)/t15-,21?/m1/s1. The van der Waals surface area contributed by atoms with Gasteiger partial charge in [0.1, 0.15) is 11.9 Å². The Morgan fingerprint density at radius 2 is 2.00 bits per heavy atom. The summed E-state index contributed by atoms with van der Waals surface area (Å²) >= 11 is 0. The summed E-state index contributed by atoms with van der Waals surface area (Å²) in [5.74, 6) is 1.06. The van der Waals surface area contributed by atoms with E-state index in [9.17, 15) is 13.2 Å². The lowest BCUT2D eigenvalue weighted by Crippen LogP contribution is -2.45. The normalized spacial score (nSPS) is 19.6. The van der Waals surface area contributed by atoms with Gasteiger partial charge in [0, 0.05) is 11.9 Å². The molecule has 0 bridgehead atoms.